The topological polar surface area (TPSA) is 29.5 Å². The van der Waals surface area contributed by atoms with E-state index in [0.29, 0.717) is 11.8 Å². The summed E-state index contributed by atoms with van der Waals surface area (Å²) in [5.74, 6) is 1.35. The number of ether oxygens (including phenoxy) is 1. The summed E-state index contributed by atoms with van der Waals surface area (Å²) in [5.41, 5.74) is 3.63. The van der Waals surface area contributed by atoms with Gasteiger partial charge in [0.15, 0.2) is 0 Å². The number of anilines is 1. The van der Waals surface area contributed by atoms with Crippen molar-refractivity contribution in [3.05, 3.63) is 23.3 Å². The maximum absolute atomic E-state index is 11.3. The van der Waals surface area contributed by atoms with Gasteiger partial charge in [0.25, 0.3) is 0 Å². The molecule has 0 aromatic heterocycles. The number of aryl methyl sites for hydroxylation is 2. The summed E-state index contributed by atoms with van der Waals surface area (Å²) in [4.78, 5) is 13.7. The van der Waals surface area contributed by atoms with E-state index < -0.39 is 0 Å². The third-order valence-electron chi connectivity index (χ3n) is 4.15. The summed E-state index contributed by atoms with van der Waals surface area (Å²) >= 11 is 0. The maximum Gasteiger partial charge on any atom is 0.133 e. The first-order chi connectivity index (χ1) is 9.02. The zero-order chi connectivity index (χ0) is 14.0. The molecule has 1 saturated carbocycles. The van der Waals surface area contributed by atoms with E-state index in [-0.39, 0.29) is 0 Å². The highest BCUT2D eigenvalue weighted by Gasteiger charge is 2.23. The summed E-state index contributed by atoms with van der Waals surface area (Å²) < 4.78 is 5.36. The molecule has 0 aliphatic heterocycles. The maximum atomic E-state index is 11.3. The van der Waals surface area contributed by atoms with Crippen LogP contribution in [0.1, 0.15) is 36.8 Å². The Balaban J connectivity index is 2.21. The zero-order valence-electron chi connectivity index (χ0n) is 12.3. The summed E-state index contributed by atoms with van der Waals surface area (Å²) in [5, 5.41) is 0. The van der Waals surface area contributed by atoms with Gasteiger partial charge in [-0.1, -0.05) is 0 Å². The molecule has 104 valence electrons. The first-order valence-corrected chi connectivity index (χ1v) is 6.92. The molecule has 1 aromatic rings. The van der Waals surface area contributed by atoms with Crippen LogP contribution in [-0.2, 0) is 4.79 Å². The van der Waals surface area contributed by atoms with Crippen molar-refractivity contribution < 1.29 is 9.53 Å². The van der Waals surface area contributed by atoms with Crippen molar-refractivity contribution >= 4 is 11.5 Å². The minimum atomic E-state index is 0.410. The van der Waals surface area contributed by atoms with Gasteiger partial charge in [0, 0.05) is 31.6 Å². The van der Waals surface area contributed by atoms with Gasteiger partial charge in [-0.2, -0.15) is 0 Å². The summed E-state index contributed by atoms with van der Waals surface area (Å²) in [6, 6.07) is 4.75. The van der Waals surface area contributed by atoms with Crippen LogP contribution < -0.4 is 9.64 Å². The molecular weight excluding hydrogens is 238 g/mol. The van der Waals surface area contributed by atoms with Crippen LogP contribution in [-0.4, -0.2) is 26.0 Å². The van der Waals surface area contributed by atoms with Gasteiger partial charge in [0.2, 0.25) is 0 Å². The monoisotopic (exact) mass is 261 g/mol. The molecule has 1 aliphatic rings. The van der Waals surface area contributed by atoms with Crippen molar-refractivity contribution in [2.24, 2.45) is 0 Å². The van der Waals surface area contributed by atoms with E-state index in [4.69, 9.17) is 4.74 Å². The third kappa shape index (κ3) is 2.91. The van der Waals surface area contributed by atoms with Crippen molar-refractivity contribution in [3.63, 3.8) is 0 Å². The Kier molecular flexibility index (Phi) is 4.13. The van der Waals surface area contributed by atoms with Crippen molar-refractivity contribution in [1.29, 1.82) is 0 Å². The Morgan fingerprint density at radius 1 is 1.16 bits per heavy atom. The van der Waals surface area contributed by atoms with Gasteiger partial charge in [-0.15, -0.1) is 0 Å². The second-order valence-electron chi connectivity index (χ2n) is 5.49. The largest absolute Gasteiger partial charge is 0.496 e. The number of nitrogens with zero attached hydrogens (tertiary/aromatic N) is 1. The molecule has 0 heterocycles. The predicted molar refractivity (Wildman–Crippen MR) is 78.1 cm³/mol. The summed E-state index contributed by atoms with van der Waals surface area (Å²) in [6.45, 7) is 4.18. The molecule has 0 saturated heterocycles. The molecule has 0 radical (unpaired) electrons. The molecule has 2 rings (SSSR count). The Hall–Kier alpha value is -1.51. The number of carbonyl (C=O) groups is 1. The quantitative estimate of drug-likeness (QED) is 0.836. The molecule has 0 N–H and O–H groups in total. The molecule has 1 fully saturated rings. The fraction of sp³-hybridized carbons (Fsp3) is 0.562. The fourth-order valence-corrected chi connectivity index (χ4v) is 2.88. The number of Topliss-reactive ketones (excluding diaryl/α,β-unsaturated/α-hetero) is 1. The molecule has 0 atom stereocenters. The lowest BCUT2D eigenvalue weighted by Crippen LogP contribution is -2.35. The van der Waals surface area contributed by atoms with Gasteiger partial charge in [0.05, 0.1) is 7.11 Å². The molecule has 0 spiro atoms. The van der Waals surface area contributed by atoms with E-state index in [1.54, 1.807) is 7.11 Å². The number of hydrogen-bond acceptors (Lipinski definition) is 3. The van der Waals surface area contributed by atoms with Crippen LogP contribution in [0.5, 0.6) is 5.75 Å². The number of hydrogen-bond donors (Lipinski definition) is 0. The van der Waals surface area contributed by atoms with E-state index in [1.165, 1.54) is 11.3 Å². The van der Waals surface area contributed by atoms with Crippen LogP contribution in [0.25, 0.3) is 0 Å². The van der Waals surface area contributed by atoms with Gasteiger partial charge in [-0.05, 0) is 49.9 Å². The molecule has 1 aromatic carbocycles. The smallest absolute Gasteiger partial charge is 0.133 e. The van der Waals surface area contributed by atoms with E-state index in [0.717, 1.165) is 37.0 Å². The highest BCUT2D eigenvalue weighted by atomic mass is 16.5. The molecule has 0 bridgehead atoms. The van der Waals surface area contributed by atoms with Crippen LogP contribution in [0.3, 0.4) is 0 Å². The van der Waals surface area contributed by atoms with Gasteiger partial charge in [0.1, 0.15) is 11.5 Å². The standard InChI is InChI=1S/C16H23NO2/c1-11-10-16(19-4)12(2)9-15(11)17(3)13-5-7-14(18)8-6-13/h9-10,13H,5-8H2,1-4H3. The molecule has 3 nitrogen and oxygen atoms in total. The lowest BCUT2D eigenvalue weighted by molar-refractivity contribution is -0.120. The minimum absolute atomic E-state index is 0.410. The van der Waals surface area contributed by atoms with Gasteiger partial charge >= 0.3 is 0 Å². The average Bonchev–Trinajstić information content (AvgIpc) is 2.41. The first kappa shape index (κ1) is 13.9. The Labute approximate surface area is 115 Å². The number of methoxy groups -OCH3 is 1. The minimum Gasteiger partial charge on any atom is -0.496 e. The highest BCUT2D eigenvalue weighted by molar-refractivity contribution is 5.79. The molecule has 1 aliphatic carbocycles. The zero-order valence-corrected chi connectivity index (χ0v) is 12.3. The SMILES string of the molecule is COc1cc(C)c(N(C)C2CCC(=O)CC2)cc1C. The molecule has 19 heavy (non-hydrogen) atoms. The number of ketones is 1. The Morgan fingerprint density at radius 3 is 2.37 bits per heavy atom. The fourth-order valence-electron chi connectivity index (χ4n) is 2.88. The molecule has 0 amide bonds. The number of carbonyl (C=O) groups excluding carboxylic acids is 1. The van der Waals surface area contributed by atoms with Gasteiger partial charge in [-0.25, -0.2) is 0 Å². The van der Waals surface area contributed by atoms with Crippen molar-refractivity contribution in [2.45, 2.75) is 45.6 Å². The van der Waals surface area contributed by atoms with Crippen molar-refractivity contribution in [3.8, 4) is 5.75 Å². The van der Waals surface area contributed by atoms with E-state index in [1.807, 2.05) is 0 Å². The van der Waals surface area contributed by atoms with Crippen LogP contribution in [0.4, 0.5) is 5.69 Å². The van der Waals surface area contributed by atoms with Crippen molar-refractivity contribution in [2.75, 3.05) is 19.1 Å². The van der Waals surface area contributed by atoms with E-state index in [9.17, 15) is 4.79 Å². The Bertz CT molecular complexity index is 472. The summed E-state index contributed by atoms with van der Waals surface area (Å²) in [6.07, 6.45) is 3.39. The second kappa shape index (κ2) is 5.64. The number of benzene rings is 1. The second-order valence-corrected chi connectivity index (χ2v) is 5.49. The normalized spacial score (nSPS) is 16.5. The van der Waals surface area contributed by atoms with E-state index >= 15 is 0 Å². The van der Waals surface area contributed by atoms with Crippen LogP contribution in [0.2, 0.25) is 0 Å². The lowest BCUT2D eigenvalue weighted by Gasteiger charge is -2.34. The summed E-state index contributed by atoms with van der Waals surface area (Å²) in [7, 11) is 3.84. The Morgan fingerprint density at radius 2 is 1.79 bits per heavy atom. The van der Waals surface area contributed by atoms with Crippen LogP contribution in [0, 0.1) is 13.8 Å². The number of rotatable bonds is 3. The average molecular weight is 261 g/mol. The molecule has 3 heteroatoms. The molecular formula is C16H23NO2. The van der Waals surface area contributed by atoms with Gasteiger partial charge < -0.3 is 9.64 Å². The van der Waals surface area contributed by atoms with Gasteiger partial charge in [-0.3, -0.25) is 4.79 Å². The first-order valence-electron chi connectivity index (χ1n) is 6.92. The van der Waals surface area contributed by atoms with Crippen LogP contribution in [0.15, 0.2) is 12.1 Å². The van der Waals surface area contributed by atoms with Crippen molar-refractivity contribution in [1.82, 2.24) is 0 Å². The molecule has 0 unspecified atom stereocenters. The van der Waals surface area contributed by atoms with E-state index in [2.05, 4.69) is 37.9 Å². The third-order valence-corrected chi connectivity index (χ3v) is 4.15. The lowest BCUT2D eigenvalue weighted by atomic mass is 9.92. The predicted octanol–water partition coefficient (Wildman–Crippen LogP) is 3.26. The van der Waals surface area contributed by atoms with Crippen LogP contribution >= 0.6 is 0 Å². The highest BCUT2D eigenvalue weighted by Crippen LogP contribution is 2.31.